The molecular formula is C13H15ClN4OS2. The fraction of sp³-hybridized carbons (Fsp3) is 0.308. The molecule has 0 saturated carbocycles. The molecule has 0 radical (unpaired) electrons. The van der Waals surface area contributed by atoms with Crippen LogP contribution < -0.4 is 10.6 Å². The van der Waals surface area contributed by atoms with E-state index in [4.69, 9.17) is 11.6 Å². The van der Waals surface area contributed by atoms with Crippen molar-refractivity contribution >= 4 is 51.4 Å². The van der Waals surface area contributed by atoms with E-state index in [1.54, 1.807) is 0 Å². The highest BCUT2D eigenvalue weighted by Crippen LogP contribution is 2.30. The minimum Gasteiger partial charge on any atom is -0.355 e. The van der Waals surface area contributed by atoms with Crippen molar-refractivity contribution in [3.05, 3.63) is 29.3 Å². The second-order valence-electron chi connectivity index (χ2n) is 4.16. The summed E-state index contributed by atoms with van der Waals surface area (Å²) >= 11 is 8.73. The van der Waals surface area contributed by atoms with E-state index in [9.17, 15) is 4.79 Å². The van der Waals surface area contributed by atoms with Gasteiger partial charge in [-0.1, -0.05) is 40.8 Å². The number of carbonyl (C=O) groups is 1. The first kappa shape index (κ1) is 16.1. The molecule has 1 atom stereocenters. The quantitative estimate of drug-likeness (QED) is 0.786. The third-order valence-electron chi connectivity index (χ3n) is 2.48. The van der Waals surface area contributed by atoms with Crippen LogP contribution in [0.3, 0.4) is 0 Å². The monoisotopic (exact) mass is 342 g/mol. The third-order valence-corrected chi connectivity index (χ3v) is 4.74. The Balaban J connectivity index is 1.96. The second kappa shape index (κ2) is 7.63. The maximum atomic E-state index is 11.7. The summed E-state index contributed by atoms with van der Waals surface area (Å²) in [5.74, 6) is 0.00190. The molecule has 1 aromatic heterocycles. The number of aromatic nitrogens is 2. The van der Waals surface area contributed by atoms with Gasteiger partial charge in [0.25, 0.3) is 0 Å². The minimum absolute atomic E-state index is 0.00190. The molecule has 0 aliphatic carbocycles. The van der Waals surface area contributed by atoms with E-state index in [0.717, 1.165) is 10.0 Å². The number of amides is 1. The van der Waals surface area contributed by atoms with Crippen molar-refractivity contribution in [3.63, 3.8) is 0 Å². The zero-order valence-corrected chi connectivity index (χ0v) is 14.0. The summed E-state index contributed by atoms with van der Waals surface area (Å²) in [7, 11) is 0. The van der Waals surface area contributed by atoms with Gasteiger partial charge in [-0.25, -0.2) is 0 Å². The molecule has 1 heterocycles. The van der Waals surface area contributed by atoms with Gasteiger partial charge in [0.05, 0.1) is 5.25 Å². The molecule has 1 aromatic carbocycles. The fourth-order valence-electron chi connectivity index (χ4n) is 1.52. The Morgan fingerprint density at radius 1 is 1.48 bits per heavy atom. The van der Waals surface area contributed by atoms with Crippen LogP contribution in [0.4, 0.5) is 10.8 Å². The zero-order chi connectivity index (χ0) is 15.2. The molecule has 0 unspecified atom stereocenters. The van der Waals surface area contributed by atoms with Crippen molar-refractivity contribution in [3.8, 4) is 0 Å². The number of nitrogens with one attached hydrogen (secondary N) is 2. The largest absolute Gasteiger partial charge is 0.355 e. The molecule has 8 heteroatoms. The number of anilines is 2. The molecule has 112 valence electrons. The maximum absolute atomic E-state index is 11.7. The first-order valence-corrected chi connectivity index (χ1v) is 8.46. The molecule has 1 amide bonds. The van der Waals surface area contributed by atoms with Crippen LogP contribution in [0, 0.1) is 0 Å². The lowest BCUT2D eigenvalue weighted by atomic mass is 10.3. The summed E-state index contributed by atoms with van der Waals surface area (Å²) < 4.78 is 0.748. The first-order chi connectivity index (χ1) is 10.1. The van der Waals surface area contributed by atoms with E-state index in [2.05, 4.69) is 20.8 Å². The number of nitrogens with zero attached hydrogens (tertiary/aromatic N) is 2. The molecule has 2 rings (SSSR count). The highest BCUT2D eigenvalue weighted by atomic mass is 35.5. The molecule has 5 nitrogen and oxygen atoms in total. The van der Waals surface area contributed by atoms with Gasteiger partial charge >= 0.3 is 0 Å². The smallest absolute Gasteiger partial charge is 0.233 e. The molecule has 21 heavy (non-hydrogen) atoms. The number of hydrogen-bond acceptors (Lipinski definition) is 6. The van der Waals surface area contributed by atoms with E-state index in [1.807, 2.05) is 38.1 Å². The van der Waals surface area contributed by atoms with Crippen LogP contribution in [-0.4, -0.2) is 27.9 Å². The van der Waals surface area contributed by atoms with Gasteiger partial charge in [0, 0.05) is 17.3 Å². The van der Waals surface area contributed by atoms with Crippen LogP contribution in [0.5, 0.6) is 0 Å². The minimum atomic E-state index is -0.197. The van der Waals surface area contributed by atoms with Gasteiger partial charge in [-0.15, -0.1) is 10.2 Å². The topological polar surface area (TPSA) is 66.9 Å². The molecule has 0 aliphatic heterocycles. The summed E-state index contributed by atoms with van der Waals surface area (Å²) in [5.41, 5.74) is 0.854. The Labute approximate surface area is 136 Å². The van der Waals surface area contributed by atoms with Crippen LogP contribution in [0.15, 0.2) is 28.6 Å². The Kier molecular flexibility index (Phi) is 5.84. The molecule has 0 bridgehead atoms. The average Bonchev–Trinajstić information content (AvgIpc) is 2.86. The van der Waals surface area contributed by atoms with Crippen LogP contribution in [0.1, 0.15) is 13.8 Å². The lowest BCUT2D eigenvalue weighted by molar-refractivity contribution is -0.120. The van der Waals surface area contributed by atoms with E-state index in [-0.39, 0.29) is 11.2 Å². The van der Waals surface area contributed by atoms with Crippen LogP contribution in [0.25, 0.3) is 0 Å². The predicted molar refractivity (Wildman–Crippen MR) is 88.6 cm³/mol. The van der Waals surface area contributed by atoms with Crippen molar-refractivity contribution in [2.45, 2.75) is 23.4 Å². The number of thioether (sulfide) groups is 1. The molecule has 2 aromatic rings. The van der Waals surface area contributed by atoms with E-state index >= 15 is 0 Å². The molecule has 0 aliphatic rings. The highest BCUT2D eigenvalue weighted by molar-refractivity contribution is 8.02. The Morgan fingerprint density at radius 3 is 3.00 bits per heavy atom. The van der Waals surface area contributed by atoms with Gasteiger partial charge in [-0.05, 0) is 32.0 Å². The molecular weight excluding hydrogens is 328 g/mol. The van der Waals surface area contributed by atoms with Crippen molar-refractivity contribution in [1.82, 2.24) is 15.5 Å². The summed E-state index contributed by atoms with van der Waals surface area (Å²) in [4.78, 5) is 11.7. The Hall–Kier alpha value is -1.31. The molecule has 0 fully saturated rings. The Morgan fingerprint density at radius 2 is 2.29 bits per heavy atom. The van der Waals surface area contributed by atoms with Crippen molar-refractivity contribution < 1.29 is 4.79 Å². The summed E-state index contributed by atoms with van der Waals surface area (Å²) in [6.07, 6.45) is 0. The van der Waals surface area contributed by atoms with Crippen LogP contribution in [-0.2, 0) is 4.79 Å². The van der Waals surface area contributed by atoms with Crippen molar-refractivity contribution in [1.29, 1.82) is 0 Å². The fourth-order valence-corrected chi connectivity index (χ4v) is 3.65. The summed E-state index contributed by atoms with van der Waals surface area (Å²) in [6.45, 7) is 4.37. The third kappa shape index (κ3) is 4.87. The number of hydrogen-bond donors (Lipinski definition) is 2. The van der Waals surface area contributed by atoms with Gasteiger partial charge in [-0.2, -0.15) is 0 Å². The van der Waals surface area contributed by atoms with Crippen molar-refractivity contribution in [2.24, 2.45) is 0 Å². The number of halogens is 1. The lowest BCUT2D eigenvalue weighted by Crippen LogP contribution is -2.30. The average molecular weight is 343 g/mol. The normalized spacial score (nSPS) is 12.0. The first-order valence-electron chi connectivity index (χ1n) is 6.39. The SMILES string of the molecule is CCNC(=O)[C@H](C)Sc1nnc(Nc2cccc(Cl)c2)s1. The van der Waals surface area contributed by atoms with Crippen LogP contribution in [0.2, 0.25) is 5.02 Å². The van der Waals surface area contributed by atoms with Gasteiger partial charge in [-0.3, -0.25) is 4.79 Å². The van der Waals surface area contributed by atoms with Crippen LogP contribution >= 0.6 is 34.7 Å². The number of carbonyl (C=O) groups excluding carboxylic acids is 1. The molecule has 0 saturated heterocycles. The van der Waals surface area contributed by atoms with E-state index < -0.39 is 0 Å². The standard InChI is InChI=1S/C13H15ClN4OS2/c1-3-15-11(19)8(2)20-13-18-17-12(21-13)16-10-6-4-5-9(14)7-10/h4-8H,3H2,1-2H3,(H,15,19)(H,16,17)/t8-/m0/s1. The maximum Gasteiger partial charge on any atom is 0.233 e. The number of benzene rings is 1. The lowest BCUT2D eigenvalue weighted by Gasteiger charge is -2.07. The molecule has 2 N–H and O–H groups in total. The summed E-state index contributed by atoms with van der Waals surface area (Å²) in [6, 6.07) is 7.38. The number of rotatable bonds is 6. The highest BCUT2D eigenvalue weighted by Gasteiger charge is 2.16. The van der Waals surface area contributed by atoms with Gasteiger partial charge in [0.2, 0.25) is 11.0 Å². The van der Waals surface area contributed by atoms with E-state index in [1.165, 1.54) is 23.1 Å². The van der Waals surface area contributed by atoms with Gasteiger partial charge < -0.3 is 10.6 Å². The summed E-state index contributed by atoms with van der Waals surface area (Å²) in [5, 5.41) is 15.2. The van der Waals surface area contributed by atoms with Crippen molar-refractivity contribution in [2.75, 3.05) is 11.9 Å². The molecule has 0 spiro atoms. The second-order valence-corrected chi connectivity index (χ2v) is 7.17. The predicted octanol–water partition coefficient (Wildman–Crippen LogP) is 3.55. The zero-order valence-electron chi connectivity index (χ0n) is 11.6. The van der Waals surface area contributed by atoms with E-state index in [0.29, 0.717) is 16.7 Å². The van der Waals surface area contributed by atoms with Gasteiger partial charge in [0.15, 0.2) is 4.34 Å². The van der Waals surface area contributed by atoms with Gasteiger partial charge in [0.1, 0.15) is 0 Å². The Bertz CT molecular complexity index is 620.